The standard InChI is InChI=1S/C19H16ClN3O3S/c1-26-13-4-2-3-12(8-13)23-10-21-19-17(23)18(27-9-16(25)22-19)11-5-6-15(24)14(20)7-11/h2-8,10,18,24H,9H2,1H3,(H,22,25)/t18-/m1/s1. The lowest BCUT2D eigenvalue weighted by Gasteiger charge is -2.19. The van der Waals surface area contributed by atoms with Gasteiger partial charge in [-0.25, -0.2) is 4.98 Å². The van der Waals surface area contributed by atoms with Crippen molar-refractivity contribution in [3.63, 3.8) is 0 Å². The van der Waals surface area contributed by atoms with E-state index in [1.807, 2.05) is 28.8 Å². The van der Waals surface area contributed by atoms with Gasteiger partial charge in [-0.2, -0.15) is 0 Å². The van der Waals surface area contributed by atoms with Crippen molar-refractivity contribution in [2.45, 2.75) is 5.25 Å². The summed E-state index contributed by atoms with van der Waals surface area (Å²) in [5.41, 5.74) is 2.58. The van der Waals surface area contributed by atoms with Crippen molar-refractivity contribution in [1.82, 2.24) is 9.55 Å². The third-order valence-corrected chi connectivity index (χ3v) is 5.86. The fraction of sp³-hybridized carbons (Fsp3) is 0.158. The molecule has 1 amide bonds. The van der Waals surface area contributed by atoms with Gasteiger partial charge in [0.1, 0.15) is 17.8 Å². The first-order valence-corrected chi connectivity index (χ1v) is 9.61. The minimum Gasteiger partial charge on any atom is -0.506 e. The van der Waals surface area contributed by atoms with Crippen molar-refractivity contribution in [1.29, 1.82) is 0 Å². The number of phenolic OH excluding ortho intramolecular Hbond substituents is 1. The van der Waals surface area contributed by atoms with Gasteiger partial charge in [-0.1, -0.05) is 23.7 Å². The van der Waals surface area contributed by atoms with Crippen LogP contribution in [-0.4, -0.2) is 33.4 Å². The Labute approximate surface area is 165 Å². The highest BCUT2D eigenvalue weighted by Gasteiger charge is 2.29. The second kappa shape index (κ2) is 7.17. The van der Waals surface area contributed by atoms with Crippen molar-refractivity contribution in [3.8, 4) is 17.2 Å². The number of hydrogen-bond donors (Lipinski definition) is 2. The summed E-state index contributed by atoms with van der Waals surface area (Å²) >= 11 is 7.60. The van der Waals surface area contributed by atoms with Crippen LogP contribution in [0.1, 0.15) is 16.5 Å². The van der Waals surface area contributed by atoms with Crippen LogP contribution in [0.5, 0.6) is 11.5 Å². The summed E-state index contributed by atoms with van der Waals surface area (Å²) in [5.74, 6) is 1.45. The fourth-order valence-electron chi connectivity index (χ4n) is 3.02. The molecule has 0 spiro atoms. The summed E-state index contributed by atoms with van der Waals surface area (Å²) in [6.45, 7) is 0. The number of hydrogen-bond acceptors (Lipinski definition) is 5. The molecule has 6 nitrogen and oxygen atoms in total. The predicted octanol–water partition coefficient (Wildman–Crippen LogP) is 4.01. The molecule has 1 atom stereocenters. The Morgan fingerprint density at radius 3 is 2.96 bits per heavy atom. The average molecular weight is 402 g/mol. The van der Waals surface area contributed by atoms with Crippen LogP contribution in [-0.2, 0) is 4.79 Å². The number of aromatic nitrogens is 2. The number of rotatable bonds is 3. The van der Waals surface area contributed by atoms with E-state index in [9.17, 15) is 9.90 Å². The van der Waals surface area contributed by atoms with Crippen LogP contribution in [0.3, 0.4) is 0 Å². The van der Waals surface area contributed by atoms with E-state index in [-0.39, 0.29) is 27.7 Å². The van der Waals surface area contributed by atoms with E-state index in [1.54, 1.807) is 31.6 Å². The summed E-state index contributed by atoms with van der Waals surface area (Å²) < 4.78 is 7.26. The molecule has 27 heavy (non-hydrogen) atoms. The number of thioether (sulfide) groups is 1. The molecular weight excluding hydrogens is 386 g/mol. The highest BCUT2D eigenvalue weighted by atomic mass is 35.5. The van der Waals surface area contributed by atoms with Gasteiger partial charge < -0.3 is 15.2 Å². The van der Waals surface area contributed by atoms with Gasteiger partial charge in [0.05, 0.1) is 34.5 Å². The molecule has 2 heterocycles. The molecule has 2 N–H and O–H groups in total. The normalized spacial score (nSPS) is 16.4. The maximum atomic E-state index is 12.1. The van der Waals surface area contributed by atoms with Gasteiger partial charge in [-0.3, -0.25) is 9.36 Å². The smallest absolute Gasteiger partial charge is 0.235 e. The van der Waals surface area contributed by atoms with E-state index in [2.05, 4.69) is 10.3 Å². The SMILES string of the molecule is COc1cccc(-n2cnc3c2[C@@H](c2ccc(O)c(Cl)c2)SCC(=O)N3)c1. The highest BCUT2D eigenvalue weighted by Crippen LogP contribution is 2.43. The van der Waals surface area contributed by atoms with Crippen LogP contribution in [0.2, 0.25) is 5.02 Å². The molecule has 0 bridgehead atoms. The molecule has 1 aromatic heterocycles. The van der Waals surface area contributed by atoms with Crippen LogP contribution in [0, 0.1) is 0 Å². The number of phenols is 1. The van der Waals surface area contributed by atoms with E-state index in [0.717, 1.165) is 22.7 Å². The number of amides is 1. The molecule has 4 rings (SSSR count). The van der Waals surface area contributed by atoms with E-state index in [1.165, 1.54) is 11.8 Å². The van der Waals surface area contributed by atoms with Gasteiger partial charge in [0.15, 0.2) is 5.82 Å². The Kier molecular flexibility index (Phi) is 4.72. The Morgan fingerprint density at radius 2 is 2.19 bits per heavy atom. The molecule has 0 aliphatic carbocycles. The molecule has 1 aliphatic heterocycles. The summed E-state index contributed by atoms with van der Waals surface area (Å²) in [5, 5.41) is 12.7. The number of nitrogens with zero attached hydrogens (tertiary/aromatic N) is 2. The molecular formula is C19H16ClN3O3S. The second-order valence-corrected chi connectivity index (χ2v) is 7.50. The number of halogens is 1. The van der Waals surface area contributed by atoms with E-state index in [4.69, 9.17) is 16.3 Å². The summed E-state index contributed by atoms with van der Waals surface area (Å²) in [7, 11) is 1.62. The monoisotopic (exact) mass is 401 g/mol. The van der Waals surface area contributed by atoms with Gasteiger partial charge in [0.2, 0.25) is 5.91 Å². The van der Waals surface area contributed by atoms with Gasteiger partial charge >= 0.3 is 0 Å². The first-order chi connectivity index (χ1) is 13.1. The first-order valence-electron chi connectivity index (χ1n) is 8.18. The number of imidazole rings is 1. The van der Waals surface area contributed by atoms with Gasteiger partial charge in [-0.15, -0.1) is 11.8 Å². The first kappa shape index (κ1) is 17.8. The lowest BCUT2D eigenvalue weighted by molar-refractivity contribution is -0.113. The topological polar surface area (TPSA) is 76.4 Å². The molecule has 0 saturated carbocycles. The quantitative estimate of drug-likeness (QED) is 0.693. The lowest BCUT2D eigenvalue weighted by atomic mass is 10.1. The zero-order chi connectivity index (χ0) is 19.0. The van der Waals surface area contributed by atoms with Crippen molar-refractivity contribution >= 4 is 35.1 Å². The molecule has 0 saturated heterocycles. The Balaban J connectivity index is 1.88. The zero-order valence-corrected chi connectivity index (χ0v) is 15.9. The number of ether oxygens (including phenoxy) is 1. The molecule has 0 unspecified atom stereocenters. The largest absolute Gasteiger partial charge is 0.506 e. The fourth-order valence-corrected chi connectivity index (χ4v) is 4.32. The van der Waals surface area contributed by atoms with Crippen LogP contribution >= 0.6 is 23.4 Å². The average Bonchev–Trinajstić information content (AvgIpc) is 3.00. The number of nitrogens with one attached hydrogen (secondary N) is 1. The van der Waals surface area contributed by atoms with E-state index >= 15 is 0 Å². The van der Waals surface area contributed by atoms with Crippen molar-refractivity contribution < 1.29 is 14.6 Å². The zero-order valence-electron chi connectivity index (χ0n) is 14.3. The second-order valence-electron chi connectivity index (χ2n) is 6.00. The lowest BCUT2D eigenvalue weighted by Crippen LogP contribution is -2.12. The maximum absolute atomic E-state index is 12.1. The number of methoxy groups -OCH3 is 1. The molecule has 138 valence electrons. The minimum absolute atomic E-state index is 0.0229. The van der Waals surface area contributed by atoms with Gasteiger partial charge in [-0.05, 0) is 29.8 Å². The van der Waals surface area contributed by atoms with Crippen LogP contribution < -0.4 is 10.1 Å². The Bertz CT molecular complexity index is 1020. The summed E-state index contributed by atoms with van der Waals surface area (Å²) in [6, 6.07) is 12.7. The predicted molar refractivity (Wildman–Crippen MR) is 106 cm³/mol. The number of fused-ring (bicyclic) bond motifs is 1. The minimum atomic E-state index is -0.189. The molecule has 0 radical (unpaired) electrons. The van der Waals surface area contributed by atoms with Crippen LogP contribution in [0.25, 0.3) is 5.69 Å². The van der Waals surface area contributed by atoms with Gasteiger partial charge in [0.25, 0.3) is 0 Å². The Hall–Kier alpha value is -2.64. The van der Waals surface area contributed by atoms with Crippen LogP contribution in [0.15, 0.2) is 48.8 Å². The van der Waals surface area contributed by atoms with E-state index < -0.39 is 0 Å². The van der Waals surface area contributed by atoms with E-state index in [0.29, 0.717) is 5.82 Å². The summed E-state index contributed by atoms with van der Waals surface area (Å²) in [4.78, 5) is 16.5. The number of anilines is 1. The number of carbonyl (C=O) groups excluding carboxylic acids is 1. The Morgan fingerprint density at radius 1 is 1.33 bits per heavy atom. The molecule has 2 aromatic carbocycles. The van der Waals surface area contributed by atoms with Crippen molar-refractivity contribution in [3.05, 3.63) is 65.1 Å². The van der Waals surface area contributed by atoms with Crippen LogP contribution in [0.4, 0.5) is 5.82 Å². The number of carbonyl (C=O) groups is 1. The third-order valence-electron chi connectivity index (χ3n) is 4.30. The third kappa shape index (κ3) is 3.36. The van der Waals surface area contributed by atoms with Crippen molar-refractivity contribution in [2.24, 2.45) is 0 Å². The number of benzene rings is 2. The van der Waals surface area contributed by atoms with Crippen molar-refractivity contribution in [2.75, 3.05) is 18.2 Å². The summed E-state index contributed by atoms with van der Waals surface area (Å²) in [6.07, 6.45) is 1.68. The molecule has 0 fully saturated rings. The highest BCUT2D eigenvalue weighted by molar-refractivity contribution is 8.00. The maximum Gasteiger partial charge on any atom is 0.235 e. The molecule has 3 aromatic rings. The molecule has 1 aliphatic rings. The van der Waals surface area contributed by atoms with Gasteiger partial charge in [0, 0.05) is 6.07 Å². The number of aromatic hydroxyl groups is 1. The molecule has 8 heteroatoms.